The summed E-state index contributed by atoms with van der Waals surface area (Å²) in [5, 5.41) is 3.04. The van der Waals surface area contributed by atoms with Gasteiger partial charge in [0, 0.05) is 18.1 Å². The first-order chi connectivity index (χ1) is 6.16. The molecule has 13 heavy (non-hydrogen) atoms. The first-order valence-corrected chi connectivity index (χ1v) is 4.72. The third-order valence-electron chi connectivity index (χ3n) is 1.30. The van der Waals surface area contributed by atoms with Crippen LogP contribution in [0.5, 0.6) is 0 Å². The van der Waals surface area contributed by atoms with E-state index in [-0.39, 0.29) is 5.91 Å². The molecule has 0 aromatic carbocycles. The quantitative estimate of drug-likeness (QED) is 0.643. The molecule has 1 amide bonds. The van der Waals surface area contributed by atoms with Gasteiger partial charge >= 0.3 is 0 Å². The highest BCUT2D eigenvalue weighted by atomic mass is 35.5. The fourth-order valence-corrected chi connectivity index (χ4v) is 0.761. The first-order valence-electron chi connectivity index (χ1n) is 4.34. The Bertz CT molecular complexity index is 171. The minimum Gasteiger partial charge on any atom is -0.381 e. The van der Waals surface area contributed by atoms with Crippen LogP contribution in [-0.2, 0) is 9.53 Å². The third-order valence-corrected chi connectivity index (χ3v) is 1.43. The van der Waals surface area contributed by atoms with E-state index in [9.17, 15) is 4.79 Å². The Labute approximate surface area is 84.1 Å². The number of nitrogens with one attached hydrogen (secondary N) is 1. The zero-order chi connectivity index (χ0) is 10.1. The summed E-state index contributed by atoms with van der Waals surface area (Å²) in [4.78, 5) is 11.0. The van der Waals surface area contributed by atoms with E-state index in [4.69, 9.17) is 16.3 Å². The lowest BCUT2D eigenvalue weighted by Gasteiger charge is -2.03. The van der Waals surface area contributed by atoms with E-state index in [1.165, 1.54) is 0 Å². The van der Waals surface area contributed by atoms with Gasteiger partial charge in [-0.15, -0.1) is 0 Å². The second-order valence-electron chi connectivity index (χ2n) is 2.66. The van der Waals surface area contributed by atoms with Gasteiger partial charge in [0.2, 0.25) is 5.91 Å². The normalized spacial score (nSPS) is 9.69. The second kappa shape index (κ2) is 8.08. The van der Waals surface area contributed by atoms with E-state index < -0.39 is 0 Å². The SMILES string of the molecule is C=C(Cl)CNC(=O)CCOCCC. The average molecular weight is 206 g/mol. The highest BCUT2D eigenvalue weighted by Crippen LogP contribution is 1.93. The van der Waals surface area contributed by atoms with Gasteiger partial charge in [-0.3, -0.25) is 4.79 Å². The molecule has 0 heterocycles. The zero-order valence-corrected chi connectivity index (χ0v) is 8.69. The lowest BCUT2D eigenvalue weighted by Crippen LogP contribution is -2.25. The highest BCUT2D eigenvalue weighted by Gasteiger charge is 1.99. The number of ether oxygens (including phenoxy) is 1. The molecular formula is C9H16ClNO2. The lowest BCUT2D eigenvalue weighted by atomic mass is 10.4. The Morgan fingerprint density at radius 2 is 2.23 bits per heavy atom. The summed E-state index contributed by atoms with van der Waals surface area (Å²) in [5.41, 5.74) is 0. The molecule has 1 N–H and O–H groups in total. The van der Waals surface area contributed by atoms with Crippen LogP contribution in [0.15, 0.2) is 11.6 Å². The van der Waals surface area contributed by atoms with Crippen LogP contribution in [0.4, 0.5) is 0 Å². The number of halogens is 1. The van der Waals surface area contributed by atoms with Crippen molar-refractivity contribution in [1.29, 1.82) is 0 Å². The smallest absolute Gasteiger partial charge is 0.222 e. The Kier molecular flexibility index (Phi) is 7.74. The zero-order valence-electron chi connectivity index (χ0n) is 7.94. The van der Waals surface area contributed by atoms with Gasteiger partial charge in [-0.2, -0.15) is 0 Å². The topological polar surface area (TPSA) is 38.3 Å². The molecule has 0 radical (unpaired) electrons. The summed E-state index contributed by atoms with van der Waals surface area (Å²) < 4.78 is 5.14. The molecule has 0 unspecified atom stereocenters. The molecule has 4 heteroatoms. The maximum atomic E-state index is 11.0. The fraction of sp³-hybridized carbons (Fsp3) is 0.667. The molecule has 0 aliphatic heterocycles. The van der Waals surface area contributed by atoms with Gasteiger partial charge in [0.15, 0.2) is 0 Å². The van der Waals surface area contributed by atoms with Gasteiger partial charge in [-0.25, -0.2) is 0 Å². The maximum Gasteiger partial charge on any atom is 0.222 e. The number of hydrogen-bond acceptors (Lipinski definition) is 2. The molecule has 0 aliphatic rings. The van der Waals surface area contributed by atoms with Crippen LogP contribution in [0.25, 0.3) is 0 Å². The monoisotopic (exact) mass is 205 g/mol. The molecule has 76 valence electrons. The van der Waals surface area contributed by atoms with Crippen molar-refractivity contribution < 1.29 is 9.53 Å². The molecule has 0 spiro atoms. The van der Waals surface area contributed by atoms with Crippen molar-refractivity contribution in [1.82, 2.24) is 5.32 Å². The van der Waals surface area contributed by atoms with Crippen LogP contribution in [-0.4, -0.2) is 25.7 Å². The molecule has 0 aromatic rings. The maximum absolute atomic E-state index is 11.0. The van der Waals surface area contributed by atoms with Gasteiger partial charge in [-0.1, -0.05) is 25.1 Å². The molecule has 0 aliphatic carbocycles. The van der Waals surface area contributed by atoms with E-state index in [1.54, 1.807) is 0 Å². The van der Waals surface area contributed by atoms with Gasteiger partial charge in [0.1, 0.15) is 0 Å². The van der Waals surface area contributed by atoms with Crippen molar-refractivity contribution in [2.24, 2.45) is 0 Å². The Morgan fingerprint density at radius 1 is 1.54 bits per heavy atom. The van der Waals surface area contributed by atoms with Gasteiger partial charge in [0.25, 0.3) is 0 Å². The van der Waals surface area contributed by atoms with Crippen LogP contribution >= 0.6 is 11.6 Å². The summed E-state index contributed by atoms with van der Waals surface area (Å²) in [6, 6.07) is 0. The molecule has 3 nitrogen and oxygen atoms in total. The van der Waals surface area contributed by atoms with Crippen molar-refractivity contribution in [2.75, 3.05) is 19.8 Å². The molecule has 0 atom stereocenters. The standard InChI is InChI=1S/C9H16ClNO2/c1-3-5-13-6-4-9(12)11-7-8(2)10/h2-7H2,1H3,(H,11,12). The number of carbonyl (C=O) groups excluding carboxylic acids is 1. The Balaban J connectivity index is 3.25. The molecular weight excluding hydrogens is 190 g/mol. The molecule has 0 aromatic heterocycles. The van der Waals surface area contributed by atoms with E-state index in [0.29, 0.717) is 31.2 Å². The molecule has 0 saturated heterocycles. The van der Waals surface area contributed by atoms with Crippen molar-refractivity contribution in [3.05, 3.63) is 11.6 Å². The summed E-state index contributed by atoms with van der Waals surface area (Å²) in [6.07, 6.45) is 1.35. The predicted molar refractivity (Wildman–Crippen MR) is 53.7 cm³/mol. The largest absolute Gasteiger partial charge is 0.381 e. The van der Waals surface area contributed by atoms with Gasteiger partial charge in [-0.05, 0) is 6.42 Å². The number of amides is 1. The second-order valence-corrected chi connectivity index (χ2v) is 3.19. The number of hydrogen-bond donors (Lipinski definition) is 1. The van der Waals surface area contributed by atoms with Crippen LogP contribution in [0.1, 0.15) is 19.8 Å². The van der Waals surface area contributed by atoms with E-state index in [1.807, 2.05) is 6.92 Å². The van der Waals surface area contributed by atoms with E-state index >= 15 is 0 Å². The molecule has 0 bridgehead atoms. The van der Waals surface area contributed by atoms with Gasteiger partial charge < -0.3 is 10.1 Å². The lowest BCUT2D eigenvalue weighted by molar-refractivity contribution is -0.121. The summed E-state index contributed by atoms with van der Waals surface area (Å²) in [7, 11) is 0. The minimum atomic E-state index is -0.0575. The summed E-state index contributed by atoms with van der Waals surface area (Å²) in [5.74, 6) is -0.0575. The fourth-order valence-electron chi connectivity index (χ4n) is 0.694. The first kappa shape index (κ1) is 12.5. The third kappa shape index (κ3) is 9.37. The highest BCUT2D eigenvalue weighted by molar-refractivity contribution is 6.29. The van der Waals surface area contributed by atoms with Crippen molar-refractivity contribution in [3.63, 3.8) is 0 Å². The average Bonchev–Trinajstić information content (AvgIpc) is 2.09. The van der Waals surface area contributed by atoms with Crippen LogP contribution in [0.2, 0.25) is 0 Å². The van der Waals surface area contributed by atoms with Crippen molar-refractivity contribution in [3.8, 4) is 0 Å². The van der Waals surface area contributed by atoms with Crippen LogP contribution < -0.4 is 5.32 Å². The van der Waals surface area contributed by atoms with Gasteiger partial charge in [0.05, 0.1) is 13.2 Å². The Hall–Kier alpha value is -0.540. The van der Waals surface area contributed by atoms with E-state index in [0.717, 1.165) is 6.42 Å². The van der Waals surface area contributed by atoms with Crippen LogP contribution in [0.3, 0.4) is 0 Å². The molecule has 0 rings (SSSR count). The van der Waals surface area contributed by atoms with E-state index in [2.05, 4.69) is 11.9 Å². The Morgan fingerprint density at radius 3 is 2.77 bits per heavy atom. The predicted octanol–water partition coefficient (Wildman–Crippen LogP) is 1.67. The number of rotatable bonds is 7. The van der Waals surface area contributed by atoms with Crippen LogP contribution in [0, 0.1) is 0 Å². The van der Waals surface area contributed by atoms with Crippen molar-refractivity contribution >= 4 is 17.5 Å². The number of carbonyl (C=O) groups is 1. The minimum absolute atomic E-state index is 0.0575. The molecule has 0 fully saturated rings. The summed E-state index contributed by atoms with van der Waals surface area (Å²) in [6.45, 7) is 6.98. The van der Waals surface area contributed by atoms with Crippen molar-refractivity contribution in [2.45, 2.75) is 19.8 Å². The molecule has 0 saturated carbocycles. The summed E-state index contributed by atoms with van der Waals surface area (Å²) >= 11 is 5.47.